The average molecular weight is 306 g/mol. The van der Waals surface area contributed by atoms with E-state index in [9.17, 15) is 19.2 Å². The summed E-state index contributed by atoms with van der Waals surface area (Å²) < 4.78 is 11.4. The van der Waals surface area contributed by atoms with Crippen LogP contribution in [0.2, 0.25) is 0 Å². The molecule has 0 radical (unpaired) electrons. The Morgan fingerprint density at radius 2 is 1.41 bits per heavy atom. The first kappa shape index (κ1) is 15.5. The fourth-order valence-electron chi connectivity index (χ4n) is 2.19. The second-order valence-corrected chi connectivity index (χ2v) is 4.60. The quantitative estimate of drug-likeness (QED) is 0.714. The lowest BCUT2D eigenvalue weighted by Gasteiger charge is -2.11. The van der Waals surface area contributed by atoms with Gasteiger partial charge in [0.05, 0.1) is 36.2 Å². The Morgan fingerprint density at radius 3 is 1.91 bits per heavy atom. The number of esters is 2. The molecule has 0 fully saturated rings. The lowest BCUT2D eigenvalue weighted by molar-refractivity contribution is 0.0555. The Kier molecular flexibility index (Phi) is 3.85. The highest BCUT2D eigenvalue weighted by molar-refractivity contribution is 6.06. The zero-order valence-corrected chi connectivity index (χ0v) is 12.5. The second kappa shape index (κ2) is 5.47. The van der Waals surface area contributed by atoms with Crippen LogP contribution in [0.15, 0.2) is 21.7 Å². The standard InChI is InChI=1S/C14H14N2O6/c1-15-10-6-8(13(19)22-4)7(12(18)21-3)5-9(10)11(17)16(2)14(15)20/h5-6H,1-4H3. The van der Waals surface area contributed by atoms with Crippen LogP contribution in [0.1, 0.15) is 20.7 Å². The molecule has 0 atom stereocenters. The molecular weight excluding hydrogens is 292 g/mol. The maximum Gasteiger partial charge on any atom is 0.338 e. The summed E-state index contributed by atoms with van der Waals surface area (Å²) in [6, 6.07) is 2.51. The lowest BCUT2D eigenvalue weighted by Crippen LogP contribution is -2.37. The van der Waals surface area contributed by atoms with Crippen LogP contribution in [0.3, 0.4) is 0 Å². The summed E-state index contributed by atoms with van der Waals surface area (Å²) in [5.41, 5.74) is -1.07. The molecule has 0 aliphatic carbocycles. The summed E-state index contributed by atoms with van der Waals surface area (Å²) in [5, 5.41) is 0.123. The number of hydrogen-bond donors (Lipinski definition) is 0. The van der Waals surface area contributed by atoms with Crippen molar-refractivity contribution in [3.8, 4) is 0 Å². The van der Waals surface area contributed by atoms with E-state index >= 15 is 0 Å². The maximum absolute atomic E-state index is 12.2. The predicted octanol–water partition coefficient (Wildman–Crippen LogP) is -0.190. The highest BCUT2D eigenvalue weighted by Crippen LogP contribution is 2.18. The van der Waals surface area contributed by atoms with E-state index in [0.29, 0.717) is 0 Å². The number of aromatic nitrogens is 2. The molecule has 8 heteroatoms. The molecule has 0 aliphatic rings. The monoisotopic (exact) mass is 306 g/mol. The van der Waals surface area contributed by atoms with Gasteiger partial charge in [0.25, 0.3) is 5.56 Å². The Morgan fingerprint density at radius 1 is 0.909 bits per heavy atom. The highest BCUT2D eigenvalue weighted by atomic mass is 16.5. The van der Waals surface area contributed by atoms with Crippen LogP contribution in [0.4, 0.5) is 0 Å². The Balaban J connectivity index is 3.02. The van der Waals surface area contributed by atoms with E-state index in [1.165, 1.54) is 30.8 Å². The summed E-state index contributed by atoms with van der Waals surface area (Å²) in [5.74, 6) is -1.55. The third-order valence-electron chi connectivity index (χ3n) is 3.42. The number of benzene rings is 1. The summed E-state index contributed by atoms with van der Waals surface area (Å²) in [4.78, 5) is 47.8. The van der Waals surface area contributed by atoms with Crippen molar-refractivity contribution in [1.29, 1.82) is 0 Å². The normalized spacial score (nSPS) is 10.5. The van der Waals surface area contributed by atoms with Crippen LogP contribution >= 0.6 is 0 Å². The molecule has 22 heavy (non-hydrogen) atoms. The van der Waals surface area contributed by atoms with Crippen LogP contribution in [0.25, 0.3) is 10.9 Å². The van der Waals surface area contributed by atoms with E-state index in [1.54, 1.807) is 0 Å². The van der Waals surface area contributed by atoms with E-state index in [4.69, 9.17) is 0 Å². The van der Waals surface area contributed by atoms with Crippen LogP contribution in [-0.4, -0.2) is 35.3 Å². The van der Waals surface area contributed by atoms with Crippen LogP contribution in [0, 0.1) is 0 Å². The van der Waals surface area contributed by atoms with Crippen molar-refractivity contribution in [2.45, 2.75) is 0 Å². The van der Waals surface area contributed by atoms with Gasteiger partial charge in [-0.1, -0.05) is 0 Å². The fraction of sp³-hybridized carbons (Fsp3) is 0.286. The minimum Gasteiger partial charge on any atom is -0.465 e. The molecule has 0 saturated heterocycles. The number of carbonyl (C=O) groups is 2. The number of carbonyl (C=O) groups excluding carboxylic acids is 2. The Labute approximate surface area is 124 Å². The van der Waals surface area contributed by atoms with Gasteiger partial charge < -0.3 is 9.47 Å². The molecule has 0 N–H and O–H groups in total. The number of methoxy groups -OCH3 is 2. The molecule has 0 saturated carbocycles. The molecule has 8 nitrogen and oxygen atoms in total. The minimum atomic E-state index is -0.779. The van der Waals surface area contributed by atoms with Crippen LogP contribution < -0.4 is 11.2 Å². The first-order valence-corrected chi connectivity index (χ1v) is 6.23. The Hall–Kier alpha value is -2.90. The average Bonchev–Trinajstić information content (AvgIpc) is 2.55. The summed E-state index contributed by atoms with van der Waals surface area (Å²) >= 11 is 0. The number of aryl methyl sites for hydroxylation is 1. The van der Waals surface area contributed by atoms with E-state index in [1.807, 2.05) is 0 Å². The molecule has 1 heterocycles. The second-order valence-electron chi connectivity index (χ2n) is 4.60. The van der Waals surface area contributed by atoms with Gasteiger partial charge in [-0.2, -0.15) is 0 Å². The third-order valence-corrected chi connectivity index (χ3v) is 3.42. The van der Waals surface area contributed by atoms with Crippen molar-refractivity contribution in [2.75, 3.05) is 14.2 Å². The smallest absolute Gasteiger partial charge is 0.338 e. The molecular formula is C14H14N2O6. The maximum atomic E-state index is 12.2. The van der Waals surface area contributed by atoms with E-state index < -0.39 is 23.2 Å². The van der Waals surface area contributed by atoms with Crippen molar-refractivity contribution in [3.63, 3.8) is 0 Å². The molecule has 116 valence electrons. The van der Waals surface area contributed by atoms with E-state index in [-0.39, 0.29) is 22.0 Å². The van der Waals surface area contributed by atoms with Gasteiger partial charge in [0.15, 0.2) is 0 Å². The number of hydrogen-bond acceptors (Lipinski definition) is 6. The highest BCUT2D eigenvalue weighted by Gasteiger charge is 2.22. The molecule has 2 aromatic rings. The number of nitrogens with zero attached hydrogens (tertiary/aromatic N) is 2. The number of ether oxygens (including phenoxy) is 2. The van der Waals surface area contributed by atoms with Crippen LogP contribution in [0.5, 0.6) is 0 Å². The topological polar surface area (TPSA) is 96.6 Å². The van der Waals surface area contributed by atoms with Gasteiger partial charge in [0.2, 0.25) is 0 Å². The third kappa shape index (κ3) is 2.18. The molecule has 0 unspecified atom stereocenters. The minimum absolute atomic E-state index is 0.0786. The Bertz CT molecular complexity index is 906. The number of rotatable bonds is 2. The molecule has 1 aromatic carbocycles. The van der Waals surface area contributed by atoms with E-state index in [2.05, 4.69) is 9.47 Å². The van der Waals surface area contributed by atoms with Gasteiger partial charge in [-0.3, -0.25) is 13.9 Å². The van der Waals surface area contributed by atoms with Gasteiger partial charge in [-0.25, -0.2) is 14.4 Å². The van der Waals surface area contributed by atoms with Crippen molar-refractivity contribution >= 4 is 22.8 Å². The predicted molar refractivity (Wildman–Crippen MR) is 77.1 cm³/mol. The van der Waals surface area contributed by atoms with E-state index in [0.717, 1.165) is 18.8 Å². The molecule has 2 rings (SSSR count). The van der Waals surface area contributed by atoms with Gasteiger partial charge in [-0.15, -0.1) is 0 Å². The number of fused-ring (bicyclic) bond motifs is 1. The zero-order valence-electron chi connectivity index (χ0n) is 12.5. The van der Waals surface area contributed by atoms with Gasteiger partial charge in [0.1, 0.15) is 0 Å². The van der Waals surface area contributed by atoms with Gasteiger partial charge >= 0.3 is 17.6 Å². The lowest BCUT2D eigenvalue weighted by atomic mass is 10.0. The van der Waals surface area contributed by atoms with Crippen molar-refractivity contribution in [2.24, 2.45) is 14.1 Å². The van der Waals surface area contributed by atoms with Crippen LogP contribution in [-0.2, 0) is 23.6 Å². The molecule has 0 spiro atoms. The first-order valence-electron chi connectivity index (χ1n) is 6.23. The van der Waals surface area contributed by atoms with Gasteiger partial charge in [-0.05, 0) is 12.1 Å². The van der Waals surface area contributed by atoms with Crippen molar-refractivity contribution in [3.05, 3.63) is 44.1 Å². The zero-order chi connectivity index (χ0) is 16.6. The van der Waals surface area contributed by atoms with Crippen molar-refractivity contribution < 1.29 is 19.1 Å². The first-order chi connectivity index (χ1) is 10.3. The largest absolute Gasteiger partial charge is 0.465 e. The molecule has 0 amide bonds. The van der Waals surface area contributed by atoms with Gasteiger partial charge in [0, 0.05) is 14.1 Å². The fourth-order valence-corrected chi connectivity index (χ4v) is 2.19. The SMILES string of the molecule is COC(=O)c1cc2c(=O)n(C)c(=O)n(C)c2cc1C(=O)OC. The van der Waals surface area contributed by atoms with Crippen molar-refractivity contribution in [1.82, 2.24) is 9.13 Å². The molecule has 0 bridgehead atoms. The molecule has 0 aliphatic heterocycles. The summed E-state index contributed by atoms with van der Waals surface area (Å²) in [6.07, 6.45) is 0. The molecule has 1 aromatic heterocycles. The summed E-state index contributed by atoms with van der Waals surface area (Å²) in [7, 11) is 5.11. The summed E-state index contributed by atoms with van der Waals surface area (Å²) in [6.45, 7) is 0.